The molecule has 0 spiro atoms. The van der Waals surface area contributed by atoms with Crippen molar-refractivity contribution in [3.05, 3.63) is 46.7 Å². The molecule has 3 rings (SSSR count). The fraction of sp³-hybridized carbons (Fsp3) is 0.188. The number of carbonyl (C=O) groups is 2. The number of nitrogens with one attached hydrogen (secondary N) is 1. The number of aryl methyl sites for hydroxylation is 2. The summed E-state index contributed by atoms with van der Waals surface area (Å²) in [7, 11) is 0. The maximum Gasteiger partial charge on any atom is 0.262 e. The number of rotatable bonds is 5. The number of pyridine rings is 1. The molecule has 0 bridgehead atoms. The lowest BCUT2D eigenvalue weighted by atomic mass is 10.3. The van der Waals surface area contributed by atoms with E-state index in [0.29, 0.717) is 22.0 Å². The smallest absolute Gasteiger partial charge is 0.262 e. The number of fused-ring (bicyclic) bond motifs is 1. The first-order chi connectivity index (χ1) is 11.4. The molecule has 24 heavy (non-hydrogen) atoms. The third-order valence-corrected chi connectivity index (χ3v) is 4.27. The molecular formula is C16H16N4O3S. The molecule has 0 saturated heterocycles. The summed E-state index contributed by atoms with van der Waals surface area (Å²) in [6.45, 7) is 3.53. The minimum Gasteiger partial charge on any atom is -0.480 e. The SMILES string of the molecule is Cc1cn2cccc(OCC(=O)Nc3sc(C)cc3C(N)=O)c2n1. The number of nitrogens with zero attached hydrogens (tertiary/aromatic N) is 2. The second kappa shape index (κ2) is 6.32. The number of carbonyl (C=O) groups excluding carboxylic acids is 2. The molecule has 0 aliphatic carbocycles. The third kappa shape index (κ3) is 3.23. The molecule has 0 aliphatic heterocycles. The van der Waals surface area contributed by atoms with Crippen molar-refractivity contribution in [1.29, 1.82) is 0 Å². The first-order valence-corrected chi connectivity index (χ1v) is 8.03. The molecule has 0 aromatic carbocycles. The Labute approximate surface area is 142 Å². The van der Waals surface area contributed by atoms with Gasteiger partial charge in [-0.3, -0.25) is 9.59 Å². The minimum absolute atomic E-state index is 0.194. The van der Waals surface area contributed by atoms with Gasteiger partial charge < -0.3 is 20.2 Å². The number of amides is 2. The van der Waals surface area contributed by atoms with E-state index in [1.165, 1.54) is 11.3 Å². The Balaban J connectivity index is 1.70. The Bertz CT molecular complexity index is 929. The number of hydrogen-bond donors (Lipinski definition) is 2. The van der Waals surface area contributed by atoms with Crippen molar-refractivity contribution < 1.29 is 14.3 Å². The highest BCUT2D eigenvalue weighted by atomic mass is 32.1. The summed E-state index contributed by atoms with van der Waals surface area (Å²) in [6, 6.07) is 5.21. The monoisotopic (exact) mass is 344 g/mol. The Kier molecular flexibility index (Phi) is 4.22. The first kappa shape index (κ1) is 16.0. The third-order valence-electron chi connectivity index (χ3n) is 3.30. The first-order valence-electron chi connectivity index (χ1n) is 7.21. The van der Waals surface area contributed by atoms with Crippen LogP contribution in [0.25, 0.3) is 5.65 Å². The molecule has 124 valence electrons. The van der Waals surface area contributed by atoms with Gasteiger partial charge in [-0.2, -0.15) is 0 Å². The van der Waals surface area contributed by atoms with Crippen LogP contribution in [0.15, 0.2) is 30.6 Å². The molecule has 0 aliphatic rings. The molecular weight excluding hydrogens is 328 g/mol. The average molecular weight is 344 g/mol. The molecule has 0 atom stereocenters. The number of anilines is 1. The summed E-state index contributed by atoms with van der Waals surface area (Å²) in [5.74, 6) is -0.434. The number of primary amides is 1. The van der Waals surface area contributed by atoms with Crippen molar-refractivity contribution in [3.8, 4) is 5.75 Å². The number of hydrogen-bond acceptors (Lipinski definition) is 5. The van der Waals surface area contributed by atoms with Crippen LogP contribution in [0.3, 0.4) is 0 Å². The van der Waals surface area contributed by atoms with E-state index in [1.807, 2.05) is 36.7 Å². The van der Waals surface area contributed by atoms with Gasteiger partial charge in [0.15, 0.2) is 18.0 Å². The Hall–Kier alpha value is -2.87. The topological polar surface area (TPSA) is 98.7 Å². The van der Waals surface area contributed by atoms with Crippen molar-refractivity contribution in [2.45, 2.75) is 13.8 Å². The fourth-order valence-electron chi connectivity index (χ4n) is 2.32. The average Bonchev–Trinajstić information content (AvgIpc) is 3.07. The predicted octanol–water partition coefficient (Wildman–Crippen LogP) is 2.13. The van der Waals surface area contributed by atoms with Crippen molar-refractivity contribution >= 4 is 33.8 Å². The maximum atomic E-state index is 12.1. The van der Waals surface area contributed by atoms with Crippen LogP contribution in [0.5, 0.6) is 5.75 Å². The van der Waals surface area contributed by atoms with E-state index in [9.17, 15) is 9.59 Å². The summed E-state index contributed by atoms with van der Waals surface area (Å²) in [5.41, 5.74) is 7.11. The van der Waals surface area contributed by atoms with E-state index >= 15 is 0 Å². The largest absolute Gasteiger partial charge is 0.480 e. The van der Waals surface area contributed by atoms with Gasteiger partial charge in [-0.15, -0.1) is 11.3 Å². The van der Waals surface area contributed by atoms with Gasteiger partial charge in [0.05, 0.1) is 11.3 Å². The quantitative estimate of drug-likeness (QED) is 0.740. The second-order valence-electron chi connectivity index (χ2n) is 5.29. The summed E-state index contributed by atoms with van der Waals surface area (Å²) in [6.07, 6.45) is 3.73. The molecule has 3 heterocycles. The number of ether oxygens (including phenoxy) is 1. The lowest BCUT2D eigenvalue weighted by Crippen LogP contribution is -2.22. The van der Waals surface area contributed by atoms with E-state index in [2.05, 4.69) is 10.3 Å². The van der Waals surface area contributed by atoms with Crippen molar-refractivity contribution in [2.75, 3.05) is 11.9 Å². The van der Waals surface area contributed by atoms with Gasteiger partial charge in [0, 0.05) is 17.3 Å². The highest BCUT2D eigenvalue weighted by molar-refractivity contribution is 7.16. The lowest BCUT2D eigenvalue weighted by molar-refractivity contribution is -0.118. The molecule has 0 unspecified atom stereocenters. The van der Waals surface area contributed by atoms with Crippen LogP contribution in [-0.4, -0.2) is 27.8 Å². The summed E-state index contributed by atoms with van der Waals surface area (Å²) in [5, 5.41) is 3.10. The Morgan fingerprint density at radius 3 is 2.96 bits per heavy atom. The van der Waals surface area contributed by atoms with Gasteiger partial charge >= 0.3 is 0 Å². The molecule has 7 nitrogen and oxygen atoms in total. The molecule has 3 aromatic rings. The van der Waals surface area contributed by atoms with E-state index in [0.717, 1.165) is 10.6 Å². The van der Waals surface area contributed by atoms with Crippen LogP contribution < -0.4 is 15.8 Å². The van der Waals surface area contributed by atoms with Crippen LogP contribution >= 0.6 is 11.3 Å². The van der Waals surface area contributed by atoms with Crippen LogP contribution in [0.4, 0.5) is 5.00 Å². The van der Waals surface area contributed by atoms with Crippen molar-refractivity contribution in [3.63, 3.8) is 0 Å². The van der Waals surface area contributed by atoms with Gasteiger partial charge in [0.25, 0.3) is 11.8 Å². The van der Waals surface area contributed by atoms with Crippen LogP contribution in [0, 0.1) is 13.8 Å². The zero-order chi connectivity index (χ0) is 17.3. The standard InChI is InChI=1S/C16H16N4O3S/c1-9-7-20-5-3-4-12(15(20)18-9)23-8-13(21)19-16-11(14(17)22)6-10(2)24-16/h3-7H,8H2,1-2H3,(H2,17,22)(H,19,21). The number of aromatic nitrogens is 2. The van der Waals surface area contributed by atoms with Crippen molar-refractivity contribution in [2.24, 2.45) is 5.73 Å². The zero-order valence-electron chi connectivity index (χ0n) is 13.2. The predicted molar refractivity (Wildman–Crippen MR) is 91.6 cm³/mol. The maximum absolute atomic E-state index is 12.1. The number of thiophene rings is 1. The molecule has 8 heteroatoms. The van der Waals surface area contributed by atoms with Gasteiger partial charge in [-0.05, 0) is 32.0 Å². The minimum atomic E-state index is -0.576. The van der Waals surface area contributed by atoms with Crippen LogP contribution in [-0.2, 0) is 4.79 Å². The van der Waals surface area contributed by atoms with Gasteiger partial charge in [0.1, 0.15) is 5.00 Å². The molecule has 0 fully saturated rings. The van der Waals surface area contributed by atoms with Gasteiger partial charge in [-0.25, -0.2) is 4.98 Å². The second-order valence-corrected chi connectivity index (χ2v) is 6.54. The lowest BCUT2D eigenvalue weighted by Gasteiger charge is -2.08. The van der Waals surface area contributed by atoms with Crippen molar-refractivity contribution in [1.82, 2.24) is 9.38 Å². The van der Waals surface area contributed by atoms with E-state index in [1.54, 1.807) is 12.1 Å². The van der Waals surface area contributed by atoms with Crippen LogP contribution in [0.1, 0.15) is 20.9 Å². The highest BCUT2D eigenvalue weighted by Crippen LogP contribution is 2.27. The fourth-order valence-corrected chi connectivity index (χ4v) is 3.25. The molecule has 3 aromatic heterocycles. The Morgan fingerprint density at radius 2 is 2.21 bits per heavy atom. The Morgan fingerprint density at radius 1 is 1.42 bits per heavy atom. The highest BCUT2D eigenvalue weighted by Gasteiger charge is 2.15. The molecule has 3 N–H and O–H groups in total. The van der Waals surface area contributed by atoms with E-state index in [-0.39, 0.29) is 12.5 Å². The van der Waals surface area contributed by atoms with Crippen LogP contribution in [0.2, 0.25) is 0 Å². The van der Waals surface area contributed by atoms with E-state index < -0.39 is 5.91 Å². The van der Waals surface area contributed by atoms with Gasteiger partial charge in [0.2, 0.25) is 0 Å². The van der Waals surface area contributed by atoms with Gasteiger partial charge in [-0.1, -0.05) is 0 Å². The molecule has 0 radical (unpaired) electrons. The number of nitrogens with two attached hydrogens (primary N) is 1. The molecule has 0 saturated carbocycles. The normalized spacial score (nSPS) is 10.8. The zero-order valence-corrected chi connectivity index (χ0v) is 14.0. The summed E-state index contributed by atoms with van der Waals surface area (Å²) >= 11 is 1.29. The molecule has 2 amide bonds. The van der Waals surface area contributed by atoms with E-state index in [4.69, 9.17) is 10.5 Å². The number of imidazole rings is 1. The summed E-state index contributed by atoms with van der Waals surface area (Å²) in [4.78, 5) is 28.7. The summed E-state index contributed by atoms with van der Waals surface area (Å²) < 4.78 is 7.40.